The van der Waals surface area contributed by atoms with Crippen LogP contribution >= 0.6 is 0 Å². The molecule has 0 aliphatic rings. The van der Waals surface area contributed by atoms with Gasteiger partial charge in [0.2, 0.25) is 0 Å². The average Bonchev–Trinajstić information content (AvgIpc) is 3.03. The molecule has 5 heteroatoms. The van der Waals surface area contributed by atoms with Gasteiger partial charge in [-0.2, -0.15) is 18.2 Å². The molecule has 92 valence electrons. The van der Waals surface area contributed by atoms with Crippen LogP contribution in [0.2, 0.25) is 0 Å². The minimum absolute atomic E-state index is 0. The SMILES string of the molecule is [C-]#[O+].[C-]#[O+].[Mo].[N-]=Nc1ccccc1.c1cc[cH-]c1. The van der Waals surface area contributed by atoms with Gasteiger partial charge >= 0.3 is 22.6 Å². The van der Waals surface area contributed by atoms with Gasteiger partial charge in [-0.3, -0.25) is 0 Å². The number of rotatable bonds is 1. The number of nitrogens with zero attached hydrogens (tertiary/aromatic N) is 2. The summed E-state index contributed by atoms with van der Waals surface area (Å²) in [5.41, 5.74) is 8.75. The van der Waals surface area contributed by atoms with Gasteiger partial charge in [0.15, 0.2) is 0 Å². The Morgan fingerprint density at radius 3 is 1.56 bits per heavy atom. The van der Waals surface area contributed by atoms with E-state index in [1.54, 1.807) is 12.1 Å². The molecule has 0 aromatic heterocycles. The summed E-state index contributed by atoms with van der Waals surface area (Å²) in [6, 6.07) is 18.9. The van der Waals surface area contributed by atoms with Gasteiger partial charge in [0.05, 0.1) is 0 Å². The summed E-state index contributed by atoms with van der Waals surface area (Å²) >= 11 is 0. The molecule has 4 nitrogen and oxygen atoms in total. The molecule has 0 saturated heterocycles. The third kappa shape index (κ3) is 14.3. The van der Waals surface area contributed by atoms with Crippen LogP contribution in [0.5, 0.6) is 0 Å². The molecule has 0 aliphatic carbocycles. The standard InChI is InChI=1S/C6H5N2.C5H5.2CO.Mo/c7-8-6-4-2-1-3-5-6;1-2-4-5-3-1;2*1-2;/h1-5H;1-5H;;;/q2*-1;;;. The van der Waals surface area contributed by atoms with Crippen LogP contribution in [0.15, 0.2) is 65.8 Å². The molecule has 0 fully saturated rings. The molecular formula is C13H10MoN2O2-2. The van der Waals surface area contributed by atoms with E-state index >= 15 is 0 Å². The van der Waals surface area contributed by atoms with Crippen molar-refractivity contribution in [1.29, 1.82) is 0 Å². The summed E-state index contributed by atoms with van der Waals surface area (Å²) in [4.78, 5) is 0. The third-order valence-corrected chi connectivity index (χ3v) is 1.43. The molecule has 2 aromatic carbocycles. The minimum Gasteiger partial charge on any atom is -0.706 e. The molecule has 0 unspecified atom stereocenters. The topological polar surface area (TPSA) is 74.5 Å². The van der Waals surface area contributed by atoms with E-state index in [9.17, 15) is 0 Å². The summed E-state index contributed by atoms with van der Waals surface area (Å²) in [5.74, 6) is 0. The Balaban J connectivity index is -0.000000196. The molecule has 0 amide bonds. The Hall–Kier alpha value is -1.66. The second-order valence-corrected chi connectivity index (χ2v) is 2.40. The summed E-state index contributed by atoms with van der Waals surface area (Å²) < 4.78 is 15.0. The van der Waals surface area contributed by atoms with Crippen LogP contribution in [-0.4, -0.2) is 0 Å². The van der Waals surface area contributed by atoms with Crippen LogP contribution in [0.4, 0.5) is 5.69 Å². The third-order valence-electron chi connectivity index (χ3n) is 1.43. The quantitative estimate of drug-likeness (QED) is 0.332. The second kappa shape index (κ2) is 20.7. The van der Waals surface area contributed by atoms with Crippen LogP contribution < -0.4 is 0 Å². The first-order valence-electron chi connectivity index (χ1n) is 4.41. The molecule has 0 saturated carbocycles. The maximum absolute atomic E-state index is 8.16. The summed E-state index contributed by atoms with van der Waals surface area (Å²) in [6.45, 7) is 9.00. The van der Waals surface area contributed by atoms with E-state index < -0.39 is 0 Å². The van der Waals surface area contributed by atoms with Crippen LogP contribution in [0.3, 0.4) is 0 Å². The van der Waals surface area contributed by atoms with E-state index in [4.69, 9.17) is 14.8 Å². The normalized spacial score (nSPS) is 6.22. The van der Waals surface area contributed by atoms with Crippen molar-refractivity contribution < 1.29 is 30.4 Å². The molecule has 0 spiro atoms. The van der Waals surface area contributed by atoms with E-state index in [-0.39, 0.29) is 21.1 Å². The monoisotopic (exact) mass is 324 g/mol. The van der Waals surface area contributed by atoms with E-state index in [1.807, 2.05) is 48.5 Å². The van der Waals surface area contributed by atoms with Crippen LogP contribution in [-0.2, 0) is 30.4 Å². The van der Waals surface area contributed by atoms with Crippen molar-refractivity contribution in [2.24, 2.45) is 5.11 Å². The fraction of sp³-hybridized carbons (Fsp3) is 0. The van der Waals surface area contributed by atoms with Gasteiger partial charge in [0, 0.05) is 26.8 Å². The minimum atomic E-state index is 0. The predicted molar refractivity (Wildman–Crippen MR) is 61.8 cm³/mol. The summed E-state index contributed by atoms with van der Waals surface area (Å²) in [5, 5.41) is 2.97. The Kier molecular flexibility index (Phi) is 24.9. The predicted octanol–water partition coefficient (Wildman–Crippen LogP) is 3.67. The van der Waals surface area contributed by atoms with Crippen LogP contribution in [0.1, 0.15) is 0 Å². The van der Waals surface area contributed by atoms with Crippen molar-refractivity contribution in [1.82, 2.24) is 0 Å². The van der Waals surface area contributed by atoms with Crippen molar-refractivity contribution in [3.8, 4) is 0 Å². The Bertz CT molecular complexity index is 373. The maximum Gasteiger partial charge on any atom is 0.0396 e. The zero-order valence-corrected chi connectivity index (χ0v) is 11.4. The first-order valence-corrected chi connectivity index (χ1v) is 4.41. The molecule has 0 heterocycles. The first-order chi connectivity index (χ1) is 8.43. The molecule has 2 rings (SSSR count). The maximum atomic E-state index is 8.16. The Morgan fingerprint density at radius 1 is 0.889 bits per heavy atom. The Morgan fingerprint density at radius 2 is 1.33 bits per heavy atom. The fourth-order valence-electron chi connectivity index (χ4n) is 0.815. The van der Waals surface area contributed by atoms with E-state index in [0.717, 1.165) is 0 Å². The van der Waals surface area contributed by atoms with Gasteiger partial charge < -0.3 is 10.6 Å². The molecule has 0 radical (unpaired) electrons. The molecule has 0 N–H and O–H groups in total. The van der Waals surface area contributed by atoms with Crippen LogP contribution in [0, 0.1) is 13.3 Å². The van der Waals surface area contributed by atoms with Crippen LogP contribution in [0.25, 0.3) is 5.53 Å². The molecule has 18 heavy (non-hydrogen) atoms. The zero-order valence-electron chi connectivity index (χ0n) is 9.39. The van der Waals surface area contributed by atoms with E-state index in [2.05, 4.69) is 18.4 Å². The van der Waals surface area contributed by atoms with Crippen molar-refractivity contribution in [3.63, 3.8) is 0 Å². The summed E-state index contributed by atoms with van der Waals surface area (Å²) in [6.07, 6.45) is 0. The van der Waals surface area contributed by atoms with E-state index in [1.165, 1.54) is 0 Å². The number of hydrogen-bond donors (Lipinski definition) is 0. The second-order valence-electron chi connectivity index (χ2n) is 2.40. The smallest absolute Gasteiger partial charge is 0.0396 e. The number of benzene rings is 1. The van der Waals surface area contributed by atoms with Gasteiger partial charge in [-0.1, -0.05) is 18.2 Å². The van der Waals surface area contributed by atoms with Crippen molar-refractivity contribution in [2.75, 3.05) is 0 Å². The molecule has 0 atom stereocenters. The van der Waals surface area contributed by atoms with Gasteiger partial charge in [0.25, 0.3) is 0 Å². The van der Waals surface area contributed by atoms with Crippen molar-refractivity contribution in [2.45, 2.75) is 0 Å². The fourth-order valence-corrected chi connectivity index (χ4v) is 0.815. The van der Waals surface area contributed by atoms with Gasteiger partial charge in [-0.25, -0.2) is 12.1 Å². The molecule has 2 aromatic rings. The number of hydrogen-bond acceptors (Lipinski definition) is 1. The molecule has 0 aliphatic heterocycles. The van der Waals surface area contributed by atoms with Gasteiger partial charge in [0.1, 0.15) is 0 Å². The Labute approximate surface area is 121 Å². The first kappa shape index (κ1) is 21.6. The molecule has 0 bridgehead atoms. The van der Waals surface area contributed by atoms with Gasteiger partial charge in [-0.05, 0) is 12.1 Å². The zero-order chi connectivity index (χ0) is 13.4. The largest absolute Gasteiger partial charge is 0.706 e. The van der Waals surface area contributed by atoms with Crippen molar-refractivity contribution in [3.05, 3.63) is 79.5 Å². The van der Waals surface area contributed by atoms with Gasteiger partial charge in [-0.15, -0.1) is 0 Å². The average molecular weight is 322 g/mol. The van der Waals surface area contributed by atoms with E-state index in [0.29, 0.717) is 5.69 Å². The summed E-state index contributed by atoms with van der Waals surface area (Å²) in [7, 11) is 0. The molecular weight excluding hydrogens is 312 g/mol. The van der Waals surface area contributed by atoms with Crippen molar-refractivity contribution >= 4 is 5.69 Å².